The number of alkyl halides is 1. The zero-order valence-electron chi connectivity index (χ0n) is 10.6. The first-order chi connectivity index (χ1) is 8.31. The van der Waals surface area contributed by atoms with Gasteiger partial charge < -0.3 is 5.32 Å². The molecule has 1 aromatic rings. The van der Waals surface area contributed by atoms with Crippen molar-refractivity contribution in [3.8, 4) is 0 Å². The largest absolute Gasteiger partial charge is 0.349 e. The molecule has 18 heavy (non-hydrogen) atoms. The number of aryl methyl sites for hydroxylation is 1. The first-order valence-corrected chi connectivity index (χ1v) is 6.15. The van der Waals surface area contributed by atoms with Gasteiger partial charge in [0.15, 0.2) is 0 Å². The van der Waals surface area contributed by atoms with Gasteiger partial charge in [-0.1, -0.05) is 0 Å². The molecular formula is C13H16ClF2NO. The van der Waals surface area contributed by atoms with Crippen molar-refractivity contribution in [2.45, 2.75) is 38.6 Å². The van der Waals surface area contributed by atoms with Gasteiger partial charge in [-0.2, -0.15) is 0 Å². The van der Waals surface area contributed by atoms with E-state index in [-0.39, 0.29) is 22.5 Å². The molecule has 0 radical (unpaired) electrons. The number of hydrogen-bond donors (Lipinski definition) is 1. The predicted molar refractivity (Wildman–Crippen MR) is 68.0 cm³/mol. The normalized spacial score (nSPS) is 14.1. The average molecular weight is 276 g/mol. The quantitative estimate of drug-likeness (QED) is 0.839. The lowest BCUT2D eigenvalue weighted by atomic mass is 10.1. The number of benzene rings is 1. The van der Waals surface area contributed by atoms with Crippen LogP contribution in [0.4, 0.5) is 8.78 Å². The molecule has 1 rings (SSSR count). The minimum atomic E-state index is -0.860. The van der Waals surface area contributed by atoms with Gasteiger partial charge in [0.05, 0.1) is 5.56 Å². The van der Waals surface area contributed by atoms with Crippen LogP contribution in [-0.2, 0) is 0 Å². The fourth-order valence-corrected chi connectivity index (χ4v) is 1.95. The summed E-state index contributed by atoms with van der Waals surface area (Å²) in [7, 11) is 0. The van der Waals surface area contributed by atoms with Crippen LogP contribution in [0.3, 0.4) is 0 Å². The number of rotatable bonds is 4. The number of halogens is 3. The molecule has 0 bridgehead atoms. The number of nitrogens with one attached hydrogen (secondary N) is 1. The SMILES string of the molecule is Cc1cc(C(=O)NC(C)CC(C)Cl)c(F)cc1F. The van der Waals surface area contributed by atoms with Crippen molar-refractivity contribution in [2.24, 2.45) is 0 Å². The van der Waals surface area contributed by atoms with Crippen LogP contribution in [0.5, 0.6) is 0 Å². The molecule has 100 valence electrons. The van der Waals surface area contributed by atoms with E-state index >= 15 is 0 Å². The number of hydrogen-bond acceptors (Lipinski definition) is 1. The van der Waals surface area contributed by atoms with Crippen molar-refractivity contribution >= 4 is 17.5 Å². The summed E-state index contributed by atoms with van der Waals surface area (Å²) < 4.78 is 26.5. The lowest BCUT2D eigenvalue weighted by molar-refractivity contribution is 0.0934. The van der Waals surface area contributed by atoms with E-state index in [0.29, 0.717) is 6.42 Å². The van der Waals surface area contributed by atoms with Gasteiger partial charge in [0.25, 0.3) is 5.91 Å². The highest BCUT2D eigenvalue weighted by atomic mass is 35.5. The Kier molecular flexibility index (Phi) is 5.08. The molecule has 2 nitrogen and oxygen atoms in total. The Morgan fingerprint density at radius 2 is 1.94 bits per heavy atom. The van der Waals surface area contributed by atoms with Crippen molar-refractivity contribution in [1.82, 2.24) is 5.32 Å². The molecule has 1 N–H and O–H groups in total. The van der Waals surface area contributed by atoms with Gasteiger partial charge >= 0.3 is 0 Å². The summed E-state index contributed by atoms with van der Waals surface area (Å²) in [4.78, 5) is 11.8. The minimum Gasteiger partial charge on any atom is -0.349 e. The van der Waals surface area contributed by atoms with E-state index in [0.717, 1.165) is 6.07 Å². The predicted octanol–water partition coefficient (Wildman–Crippen LogP) is 3.41. The molecule has 2 atom stereocenters. The summed E-state index contributed by atoms with van der Waals surface area (Å²) in [6.45, 7) is 5.08. The third-order valence-electron chi connectivity index (χ3n) is 2.55. The van der Waals surface area contributed by atoms with Gasteiger partial charge in [-0.05, 0) is 38.8 Å². The fourth-order valence-electron chi connectivity index (χ4n) is 1.68. The Morgan fingerprint density at radius 3 is 2.50 bits per heavy atom. The molecule has 0 aromatic heterocycles. The van der Waals surface area contributed by atoms with Crippen LogP contribution in [0.25, 0.3) is 0 Å². The fraction of sp³-hybridized carbons (Fsp3) is 0.462. The van der Waals surface area contributed by atoms with Gasteiger partial charge in [-0.3, -0.25) is 4.79 Å². The van der Waals surface area contributed by atoms with Gasteiger partial charge in [-0.25, -0.2) is 8.78 Å². The number of carbonyl (C=O) groups is 1. The van der Waals surface area contributed by atoms with Gasteiger partial charge in [-0.15, -0.1) is 11.6 Å². The van der Waals surface area contributed by atoms with Crippen LogP contribution in [0.15, 0.2) is 12.1 Å². The summed E-state index contributed by atoms with van der Waals surface area (Å²) in [5.41, 5.74) is 0.0860. The maximum atomic E-state index is 13.5. The smallest absolute Gasteiger partial charge is 0.254 e. The van der Waals surface area contributed by atoms with Crippen LogP contribution in [0, 0.1) is 18.6 Å². The van der Waals surface area contributed by atoms with Gasteiger partial charge in [0.1, 0.15) is 11.6 Å². The third-order valence-corrected chi connectivity index (χ3v) is 2.73. The van der Waals surface area contributed by atoms with E-state index in [9.17, 15) is 13.6 Å². The van der Waals surface area contributed by atoms with E-state index in [1.165, 1.54) is 13.0 Å². The second-order valence-corrected chi connectivity index (χ2v) is 5.22. The van der Waals surface area contributed by atoms with E-state index < -0.39 is 17.5 Å². The Morgan fingerprint density at radius 1 is 1.33 bits per heavy atom. The van der Waals surface area contributed by atoms with Crippen LogP contribution in [-0.4, -0.2) is 17.3 Å². The molecule has 0 aliphatic heterocycles. The molecule has 0 fully saturated rings. The highest BCUT2D eigenvalue weighted by molar-refractivity contribution is 6.20. The summed E-state index contributed by atoms with van der Waals surface area (Å²) in [5.74, 6) is -2.08. The molecule has 0 heterocycles. The Balaban J connectivity index is 2.82. The van der Waals surface area contributed by atoms with Crippen LogP contribution >= 0.6 is 11.6 Å². The van der Waals surface area contributed by atoms with Crippen molar-refractivity contribution in [1.29, 1.82) is 0 Å². The van der Waals surface area contributed by atoms with E-state index in [4.69, 9.17) is 11.6 Å². The molecule has 0 aliphatic carbocycles. The molecule has 1 amide bonds. The number of carbonyl (C=O) groups excluding carboxylic acids is 1. The highest BCUT2D eigenvalue weighted by Gasteiger charge is 2.17. The minimum absolute atomic E-state index is 0.0832. The molecule has 0 aliphatic rings. The second kappa shape index (κ2) is 6.14. The first kappa shape index (κ1) is 14.9. The van der Waals surface area contributed by atoms with Crippen molar-refractivity contribution < 1.29 is 13.6 Å². The zero-order chi connectivity index (χ0) is 13.9. The maximum absolute atomic E-state index is 13.5. The van der Waals surface area contributed by atoms with Gasteiger partial charge in [0.2, 0.25) is 0 Å². The van der Waals surface area contributed by atoms with Crippen LogP contribution < -0.4 is 5.32 Å². The molecule has 1 aromatic carbocycles. The molecule has 5 heteroatoms. The van der Waals surface area contributed by atoms with Gasteiger partial charge in [0, 0.05) is 17.5 Å². The molecule has 0 spiro atoms. The first-order valence-electron chi connectivity index (χ1n) is 5.71. The van der Waals surface area contributed by atoms with E-state index in [1.54, 1.807) is 6.92 Å². The van der Waals surface area contributed by atoms with Crippen LogP contribution in [0.2, 0.25) is 0 Å². The zero-order valence-corrected chi connectivity index (χ0v) is 11.3. The topological polar surface area (TPSA) is 29.1 Å². The summed E-state index contributed by atoms with van der Waals surface area (Å²) >= 11 is 5.80. The number of amides is 1. The van der Waals surface area contributed by atoms with Crippen LogP contribution in [0.1, 0.15) is 36.2 Å². The lowest BCUT2D eigenvalue weighted by Crippen LogP contribution is -2.34. The highest BCUT2D eigenvalue weighted by Crippen LogP contribution is 2.14. The summed E-state index contributed by atoms with van der Waals surface area (Å²) in [5, 5.41) is 2.55. The Bertz CT molecular complexity index is 449. The van der Waals surface area contributed by atoms with Crippen molar-refractivity contribution in [3.05, 3.63) is 34.9 Å². The molecule has 0 saturated carbocycles. The standard InChI is InChI=1S/C13H16ClF2NO/c1-7-4-10(12(16)6-11(7)15)13(18)17-9(3)5-8(2)14/h4,6,8-9H,5H2,1-3H3,(H,17,18). The van der Waals surface area contributed by atoms with E-state index in [2.05, 4.69) is 5.32 Å². The molecule has 0 saturated heterocycles. The van der Waals surface area contributed by atoms with Crippen molar-refractivity contribution in [3.63, 3.8) is 0 Å². The molecular weight excluding hydrogens is 260 g/mol. The Hall–Kier alpha value is -1.16. The lowest BCUT2D eigenvalue weighted by Gasteiger charge is -2.15. The summed E-state index contributed by atoms with van der Waals surface area (Å²) in [6, 6.07) is 1.76. The maximum Gasteiger partial charge on any atom is 0.254 e. The Labute approximate surface area is 110 Å². The van der Waals surface area contributed by atoms with E-state index in [1.807, 2.05) is 6.92 Å². The average Bonchev–Trinajstić information content (AvgIpc) is 2.21. The molecule has 2 unspecified atom stereocenters. The second-order valence-electron chi connectivity index (χ2n) is 4.47. The monoisotopic (exact) mass is 275 g/mol. The third kappa shape index (κ3) is 3.95. The summed E-state index contributed by atoms with van der Waals surface area (Å²) in [6.07, 6.45) is 0.578. The van der Waals surface area contributed by atoms with Crippen molar-refractivity contribution in [2.75, 3.05) is 0 Å².